The molecule has 6 nitrogen and oxygen atoms in total. The zero-order valence-electron chi connectivity index (χ0n) is 17.6. The van der Waals surface area contributed by atoms with Crippen LogP contribution in [-0.4, -0.2) is 56.1 Å². The van der Waals surface area contributed by atoms with E-state index in [1.54, 1.807) is 20.5 Å². The van der Waals surface area contributed by atoms with Gasteiger partial charge in [-0.15, -0.1) is 0 Å². The molecule has 1 fully saturated rings. The first-order chi connectivity index (χ1) is 14.7. The molecule has 1 saturated heterocycles. The summed E-state index contributed by atoms with van der Waals surface area (Å²) in [5.74, 6) is 1.77. The minimum atomic E-state index is 0.153. The van der Waals surface area contributed by atoms with E-state index in [1.807, 2.05) is 35.2 Å². The molecule has 0 radical (unpaired) electrons. The average Bonchev–Trinajstić information content (AvgIpc) is 3.02. The lowest BCUT2D eigenvalue weighted by molar-refractivity contribution is -0.130. The second kappa shape index (κ2) is 9.22. The fourth-order valence-corrected chi connectivity index (χ4v) is 3.97. The van der Waals surface area contributed by atoms with E-state index >= 15 is 0 Å². The van der Waals surface area contributed by atoms with Crippen LogP contribution in [0.5, 0.6) is 11.5 Å². The van der Waals surface area contributed by atoms with Crippen molar-refractivity contribution in [2.75, 3.05) is 40.4 Å². The molecular formula is C24H28N2O4. The van der Waals surface area contributed by atoms with Crippen molar-refractivity contribution in [2.45, 2.75) is 19.4 Å². The van der Waals surface area contributed by atoms with Crippen molar-refractivity contribution < 1.29 is 18.7 Å². The molecule has 158 valence electrons. The van der Waals surface area contributed by atoms with Crippen LogP contribution in [-0.2, 0) is 17.8 Å². The highest BCUT2D eigenvalue weighted by atomic mass is 16.5. The van der Waals surface area contributed by atoms with E-state index in [1.165, 1.54) is 5.56 Å². The first-order valence-corrected chi connectivity index (χ1v) is 10.3. The second-order valence-corrected chi connectivity index (χ2v) is 7.66. The predicted octanol–water partition coefficient (Wildman–Crippen LogP) is 3.73. The minimum absolute atomic E-state index is 0.153. The summed E-state index contributed by atoms with van der Waals surface area (Å²) < 4.78 is 16.1. The van der Waals surface area contributed by atoms with E-state index in [0.717, 1.165) is 67.2 Å². The van der Waals surface area contributed by atoms with Crippen LogP contribution in [0.4, 0.5) is 0 Å². The molecule has 30 heavy (non-hydrogen) atoms. The molecule has 6 heteroatoms. The summed E-state index contributed by atoms with van der Waals surface area (Å²) in [5, 5.41) is 0.972. The quantitative estimate of drug-likeness (QED) is 0.622. The van der Waals surface area contributed by atoms with Crippen LogP contribution >= 0.6 is 0 Å². The van der Waals surface area contributed by atoms with Gasteiger partial charge >= 0.3 is 0 Å². The summed E-state index contributed by atoms with van der Waals surface area (Å²) in [6, 6.07) is 13.9. The van der Waals surface area contributed by atoms with Gasteiger partial charge < -0.3 is 18.8 Å². The van der Waals surface area contributed by atoms with Gasteiger partial charge in [-0.3, -0.25) is 9.69 Å². The Bertz CT molecular complexity index is 996. The third-order valence-corrected chi connectivity index (χ3v) is 5.71. The molecule has 4 rings (SSSR count). The Balaban J connectivity index is 1.35. The normalized spacial score (nSPS) is 15.2. The van der Waals surface area contributed by atoms with E-state index in [4.69, 9.17) is 13.9 Å². The molecule has 1 aliphatic rings. The van der Waals surface area contributed by atoms with E-state index in [9.17, 15) is 4.79 Å². The van der Waals surface area contributed by atoms with Gasteiger partial charge in [0.2, 0.25) is 5.91 Å². The molecule has 0 saturated carbocycles. The maximum atomic E-state index is 12.9. The van der Waals surface area contributed by atoms with Crippen molar-refractivity contribution in [2.24, 2.45) is 0 Å². The molecule has 0 N–H and O–H groups in total. The third-order valence-electron chi connectivity index (χ3n) is 5.71. The summed E-state index contributed by atoms with van der Waals surface area (Å²) in [6.45, 7) is 4.30. The number of carbonyl (C=O) groups is 1. The fraction of sp³-hybridized carbons (Fsp3) is 0.375. The highest BCUT2D eigenvalue weighted by Crippen LogP contribution is 2.26. The van der Waals surface area contributed by atoms with Crippen molar-refractivity contribution in [3.05, 3.63) is 59.9 Å². The molecule has 0 bridgehead atoms. The summed E-state index contributed by atoms with van der Waals surface area (Å²) >= 11 is 0. The van der Waals surface area contributed by atoms with Crippen molar-refractivity contribution in [3.63, 3.8) is 0 Å². The Kier molecular flexibility index (Phi) is 6.23. The van der Waals surface area contributed by atoms with Gasteiger partial charge in [-0.05, 0) is 36.2 Å². The lowest BCUT2D eigenvalue weighted by Gasteiger charge is -2.22. The second-order valence-electron chi connectivity index (χ2n) is 7.66. The number of rotatable bonds is 6. The van der Waals surface area contributed by atoms with Crippen LogP contribution in [0.15, 0.2) is 53.1 Å². The van der Waals surface area contributed by atoms with E-state index < -0.39 is 0 Å². The number of furan rings is 1. The van der Waals surface area contributed by atoms with E-state index in [2.05, 4.69) is 17.0 Å². The van der Waals surface area contributed by atoms with Gasteiger partial charge in [0.15, 0.2) is 0 Å². The van der Waals surface area contributed by atoms with E-state index in [0.29, 0.717) is 6.42 Å². The number of hydrogen-bond acceptors (Lipinski definition) is 5. The predicted molar refractivity (Wildman–Crippen MR) is 116 cm³/mol. The summed E-state index contributed by atoms with van der Waals surface area (Å²) in [7, 11) is 3.31. The largest absolute Gasteiger partial charge is 0.497 e. The lowest BCUT2D eigenvalue weighted by atomic mass is 10.1. The van der Waals surface area contributed by atoms with E-state index in [-0.39, 0.29) is 5.91 Å². The molecule has 1 aliphatic heterocycles. The molecule has 0 aliphatic carbocycles. The Hall–Kier alpha value is -2.99. The highest BCUT2D eigenvalue weighted by molar-refractivity contribution is 5.88. The minimum Gasteiger partial charge on any atom is -0.497 e. The molecular weight excluding hydrogens is 380 g/mol. The summed E-state index contributed by atoms with van der Waals surface area (Å²) in [4.78, 5) is 17.3. The van der Waals surface area contributed by atoms with Gasteiger partial charge in [0.05, 0.1) is 26.9 Å². The summed E-state index contributed by atoms with van der Waals surface area (Å²) in [5.41, 5.74) is 2.94. The number of benzene rings is 2. The van der Waals surface area contributed by atoms with Crippen LogP contribution in [0.2, 0.25) is 0 Å². The van der Waals surface area contributed by atoms with Gasteiger partial charge in [0, 0.05) is 49.7 Å². The lowest BCUT2D eigenvalue weighted by Crippen LogP contribution is -2.36. The number of amides is 1. The first kappa shape index (κ1) is 20.3. The van der Waals surface area contributed by atoms with Crippen LogP contribution in [0.3, 0.4) is 0 Å². The van der Waals surface area contributed by atoms with Gasteiger partial charge in [-0.2, -0.15) is 0 Å². The molecule has 1 amide bonds. The van der Waals surface area contributed by atoms with Crippen molar-refractivity contribution >= 4 is 16.9 Å². The Morgan fingerprint density at radius 3 is 2.50 bits per heavy atom. The number of carbonyl (C=O) groups excluding carboxylic acids is 1. The zero-order chi connectivity index (χ0) is 20.9. The molecule has 1 aromatic heterocycles. The van der Waals surface area contributed by atoms with Gasteiger partial charge in [-0.25, -0.2) is 0 Å². The van der Waals surface area contributed by atoms with Gasteiger partial charge in [0.25, 0.3) is 0 Å². The molecule has 2 aromatic carbocycles. The monoisotopic (exact) mass is 408 g/mol. The SMILES string of the molecule is COc1ccc(CN2CCCN(C(=O)Cc3coc4cc(OC)ccc34)CC2)cc1. The molecule has 0 spiro atoms. The average molecular weight is 408 g/mol. The number of nitrogens with zero attached hydrogens (tertiary/aromatic N) is 2. The van der Waals surface area contributed by atoms with Crippen LogP contribution in [0.25, 0.3) is 11.0 Å². The van der Waals surface area contributed by atoms with Gasteiger partial charge in [0.1, 0.15) is 17.1 Å². The smallest absolute Gasteiger partial charge is 0.227 e. The topological polar surface area (TPSA) is 55.2 Å². The Labute approximate surface area is 177 Å². The van der Waals surface area contributed by atoms with Crippen molar-refractivity contribution in [3.8, 4) is 11.5 Å². The molecule has 0 unspecified atom stereocenters. The van der Waals surface area contributed by atoms with Crippen molar-refractivity contribution in [1.82, 2.24) is 9.80 Å². The fourth-order valence-electron chi connectivity index (χ4n) is 3.97. The maximum absolute atomic E-state index is 12.9. The summed E-state index contributed by atoms with van der Waals surface area (Å²) in [6.07, 6.45) is 3.03. The zero-order valence-corrected chi connectivity index (χ0v) is 17.6. The van der Waals surface area contributed by atoms with Gasteiger partial charge in [-0.1, -0.05) is 12.1 Å². The number of ether oxygens (including phenoxy) is 2. The van der Waals surface area contributed by atoms with Crippen LogP contribution in [0, 0.1) is 0 Å². The standard InChI is InChI=1S/C24H28N2O4/c1-28-20-6-4-18(5-7-20)16-25-10-3-11-26(13-12-25)24(27)14-19-17-30-23-15-21(29-2)8-9-22(19)23/h4-9,15,17H,3,10-14,16H2,1-2H3. The maximum Gasteiger partial charge on any atom is 0.227 e. The Morgan fingerprint density at radius 2 is 1.73 bits per heavy atom. The van der Waals surface area contributed by atoms with Crippen LogP contribution in [0.1, 0.15) is 17.5 Å². The van der Waals surface area contributed by atoms with Crippen molar-refractivity contribution in [1.29, 1.82) is 0 Å². The first-order valence-electron chi connectivity index (χ1n) is 10.3. The molecule has 3 aromatic rings. The number of methoxy groups -OCH3 is 2. The third kappa shape index (κ3) is 4.60. The molecule has 0 atom stereocenters. The molecule has 2 heterocycles. The van der Waals surface area contributed by atoms with Crippen LogP contribution < -0.4 is 9.47 Å². The Morgan fingerprint density at radius 1 is 0.967 bits per heavy atom. The number of fused-ring (bicyclic) bond motifs is 1. The highest BCUT2D eigenvalue weighted by Gasteiger charge is 2.21. The number of hydrogen-bond donors (Lipinski definition) is 0.